The van der Waals surface area contributed by atoms with Gasteiger partial charge in [-0.2, -0.15) is 0 Å². The lowest BCUT2D eigenvalue weighted by atomic mass is 9.94. The number of carbonyl (C=O) groups is 2. The smallest absolute Gasteiger partial charge is 0.295 e. The van der Waals surface area contributed by atoms with Gasteiger partial charge in [0.05, 0.1) is 17.7 Å². The normalized spacial score (nSPS) is 18.1. The van der Waals surface area contributed by atoms with Gasteiger partial charge in [0.2, 0.25) is 0 Å². The number of ketones is 1. The minimum Gasteiger partial charge on any atom is -0.507 e. The second kappa shape index (κ2) is 9.96. The van der Waals surface area contributed by atoms with Crippen LogP contribution in [0.25, 0.3) is 5.76 Å². The number of aromatic nitrogens is 1. The van der Waals surface area contributed by atoms with E-state index in [9.17, 15) is 14.7 Å². The molecule has 0 bridgehead atoms. The van der Waals surface area contributed by atoms with Crippen molar-refractivity contribution in [2.24, 2.45) is 0 Å². The molecule has 170 valence electrons. The first kappa shape index (κ1) is 23.5. The highest BCUT2D eigenvalue weighted by molar-refractivity contribution is 6.46. The van der Waals surface area contributed by atoms with Crippen LogP contribution >= 0.6 is 0 Å². The maximum absolute atomic E-state index is 13.1. The Labute approximate surface area is 189 Å². The zero-order chi connectivity index (χ0) is 23.4. The Morgan fingerprint density at radius 2 is 1.88 bits per heavy atom. The van der Waals surface area contributed by atoms with E-state index in [-0.39, 0.29) is 17.4 Å². The zero-order valence-electron chi connectivity index (χ0n) is 19.3. The molecule has 2 aromatic rings. The number of hydrogen-bond donors (Lipinski definition) is 1. The fourth-order valence-electron chi connectivity index (χ4n) is 3.95. The van der Waals surface area contributed by atoms with Crippen LogP contribution in [0.15, 0.2) is 48.3 Å². The van der Waals surface area contributed by atoms with Crippen molar-refractivity contribution >= 4 is 17.4 Å². The van der Waals surface area contributed by atoms with E-state index in [2.05, 4.69) is 4.98 Å². The molecule has 0 saturated carbocycles. The van der Waals surface area contributed by atoms with E-state index in [1.807, 2.05) is 45.8 Å². The molecule has 3 rings (SSSR count). The molecule has 1 aromatic carbocycles. The van der Waals surface area contributed by atoms with Crippen LogP contribution in [-0.2, 0) is 9.59 Å². The molecular weight excluding hydrogens is 406 g/mol. The number of rotatable bonds is 8. The Hall–Kier alpha value is -3.19. The second-order valence-corrected chi connectivity index (χ2v) is 8.57. The second-order valence-electron chi connectivity index (χ2n) is 8.57. The average molecular weight is 438 g/mol. The summed E-state index contributed by atoms with van der Waals surface area (Å²) in [6.07, 6.45) is 3.98. The predicted octanol–water partition coefficient (Wildman–Crippen LogP) is 3.55. The summed E-state index contributed by atoms with van der Waals surface area (Å²) in [7, 11) is 3.92. The van der Waals surface area contributed by atoms with Crippen LogP contribution in [0.2, 0.25) is 0 Å². The van der Waals surface area contributed by atoms with Crippen LogP contribution in [0, 0.1) is 6.92 Å². The number of aliphatic hydroxyl groups is 1. The van der Waals surface area contributed by atoms with Crippen molar-refractivity contribution in [2.45, 2.75) is 39.3 Å². The first-order chi connectivity index (χ1) is 15.2. The lowest BCUT2D eigenvalue weighted by molar-refractivity contribution is -0.139. The summed E-state index contributed by atoms with van der Waals surface area (Å²) in [5.41, 5.74) is 2.11. The molecule has 1 unspecified atom stereocenters. The highest BCUT2D eigenvalue weighted by Crippen LogP contribution is 2.40. The molecule has 2 heterocycles. The van der Waals surface area contributed by atoms with Crippen molar-refractivity contribution in [3.8, 4) is 5.75 Å². The number of amides is 1. The van der Waals surface area contributed by atoms with Crippen molar-refractivity contribution in [3.63, 3.8) is 0 Å². The Morgan fingerprint density at radius 1 is 1.19 bits per heavy atom. The van der Waals surface area contributed by atoms with Gasteiger partial charge >= 0.3 is 0 Å². The van der Waals surface area contributed by atoms with Crippen LogP contribution in [0.3, 0.4) is 0 Å². The molecule has 0 aliphatic carbocycles. The summed E-state index contributed by atoms with van der Waals surface area (Å²) in [5, 5.41) is 11.2. The molecule has 1 atom stereocenters. The van der Waals surface area contributed by atoms with Crippen LogP contribution in [0.5, 0.6) is 5.75 Å². The quantitative estimate of drug-likeness (QED) is 0.386. The molecule has 1 aliphatic rings. The molecule has 0 spiro atoms. The summed E-state index contributed by atoms with van der Waals surface area (Å²) in [6, 6.07) is 8.20. The minimum atomic E-state index is -0.670. The number of likely N-dealkylation sites (tertiary alicyclic amines) is 1. The Balaban J connectivity index is 2.06. The van der Waals surface area contributed by atoms with Crippen LogP contribution in [-0.4, -0.2) is 64.9 Å². The van der Waals surface area contributed by atoms with E-state index in [0.717, 1.165) is 17.7 Å². The van der Waals surface area contributed by atoms with Gasteiger partial charge in [0.25, 0.3) is 11.7 Å². The standard InChI is InChI=1S/C25H31N3O4/c1-16(2)32-19-7-8-20(17(3)15-19)23(29)21-22(18-9-11-26-12-10-18)28(25(31)24(21)30)14-6-13-27(4)5/h7-12,15-16,22,29H,6,13-14H2,1-5H3/b23-21+. The van der Waals surface area contributed by atoms with Gasteiger partial charge in [-0.25, -0.2) is 0 Å². The fraction of sp³-hybridized carbons (Fsp3) is 0.400. The van der Waals surface area contributed by atoms with E-state index in [1.54, 1.807) is 41.6 Å². The molecule has 1 fully saturated rings. The average Bonchev–Trinajstić information content (AvgIpc) is 2.98. The monoisotopic (exact) mass is 437 g/mol. The number of benzene rings is 1. The van der Waals surface area contributed by atoms with Gasteiger partial charge in [-0.05, 0) is 89.3 Å². The van der Waals surface area contributed by atoms with Gasteiger partial charge in [-0.15, -0.1) is 0 Å². The molecule has 7 heteroatoms. The fourth-order valence-corrected chi connectivity index (χ4v) is 3.95. The molecule has 7 nitrogen and oxygen atoms in total. The third kappa shape index (κ3) is 4.99. The van der Waals surface area contributed by atoms with Crippen molar-refractivity contribution in [1.29, 1.82) is 0 Å². The third-order valence-electron chi connectivity index (χ3n) is 5.39. The highest BCUT2D eigenvalue weighted by Gasteiger charge is 2.45. The maximum atomic E-state index is 13.1. The molecule has 32 heavy (non-hydrogen) atoms. The van der Waals surface area contributed by atoms with E-state index >= 15 is 0 Å². The number of Topliss-reactive ketones (excluding diaryl/α,β-unsaturated/α-hetero) is 1. The number of hydrogen-bond acceptors (Lipinski definition) is 6. The first-order valence-corrected chi connectivity index (χ1v) is 10.8. The number of carbonyl (C=O) groups excluding carboxylic acids is 2. The van der Waals surface area contributed by atoms with E-state index in [1.165, 1.54) is 0 Å². The van der Waals surface area contributed by atoms with Crippen molar-refractivity contribution < 1.29 is 19.4 Å². The summed E-state index contributed by atoms with van der Waals surface area (Å²) in [5.74, 6) is -0.752. The van der Waals surface area contributed by atoms with Crippen LogP contribution in [0.4, 0.5) is 0 Å². The largest absolute Gasteiger partial charge is 0.507 e. The number of ether oxygens (including phenoxy) is 1. The van der Waals surface area contributed by atoms with Crippen LogP contribution < -0.4 is 4.74 Å². The maximum Gasteiger partial charge on any atom is 0.295 e. The summed E-state index contributed by atoms with van der Waals surface area (Å²) in [6.45, 7) is 6.91. The lowest BCUT2D eigenvalue weighted by Crippen LogP contribution is -2.32. The summed E-state index contributed by atoms with van der Waals surface area (Å²) < 4.78 is 5.73. The van der Waals surface area contributed by atoms with E-state index in [0.29, 0.717) is 24.3 Å². The molecule has 0 radical (unpaired) electrons. The van der Waals surface area contributed by atoms with Gasteiger partial charge in [-0.3, -0.25) is 14.6 Å². The van der Waals surface area contributed by atoms with Crippen molar-refractivity contribution in [2.75, 3.05) is 27.2 Å². The number of nitrogens with zero attached hydrogens (tertiary/aromatic N) is 3. The predicted molar refractivity (Wildman–Crippen MR) is 123 cm³/mol. The van der Waals surface area contributed by atoms with Gasteiger partial charge in [0, 0.05) is 24.5 Å². The number of aryl methyl sites for hydroxylation is 1. The third-order valence-corrected chi connectivity index (χ3v) is 5.39. The highest BCUT2D eigenvalue weighted by atomic mass is 16.5. The summed E-state index contributed by atoms with van der Waals surface area (Å²) >= 11 is 0. The van der Waals surface area contributed by atoms with Gasteiger partial charge in [0.1, 0.15) is 11.5 Å². The lowest BCUT2D eigenvalue weighted by Gasteiger charge is -2.26. The van der Waals surface area contributed by atoms with Gasteiger partial charge in [-0.1, -0.05) is 0 Å². The SMILES string of the molecule is Cc1cc(OC(C)C)ccc1/C(O)=C1\C(=O)C(=O)N(CCCN(C)C)C1c1ccncc1. The van der Waals surface area contributed by atoms with Gasteiger partial charge < -0.3 is 19.6 Å². The topological polar surface area (TPSA) is 83.0 Å². The molecule has 1 aromatic heterocycles. The number of pyridine rings is 1. The Bertz CT molecular complexity index is 1020. The van der Waals surface area contributed by atoms with Crippen molar-refractivity contribution in [3.05, 3.63) is 65.0 Å². The van der Waals surface area contributed by atoms with E-state index < -0.39 is 17.7 Å². The summed E-state index contributed by atoms with van der Waals surface area (Å²) in [4.78, 5) is 33.7. The van der Waals surface area contributed by atoms with E-state index in [4.69, 9.17) is 4.74 Å². The minimum absolute atomic E-state index is 0.0213. The van der Waals surface area contributed by atoms with Crippen molar-refractivity contribution in [1.82, 2.24) is 14.8 Å². The molecular formula is C25H31N3O4. The van der Waals surface area contributed by atoms with Gasteiger partial charge in [0.15, 0.2) is 0 Å². The Kier molecular flexibility index (Phi) is 7.30. The Morgan fingerprint density at radius 3 is 2.47 bits per heavy atom. The molecule has 1 amide bonds. The number of aliphatic hydroxyl groups excluding tert-OH is 1. The molecule has 1 N–H and O–H groups in total. The molecule has 1 saturated heterocycles. The van der Waals surface area contributed by atoms with Crippen LogP contribution in [0.1, 0.15) is 43.0 Å². The first-order valence-electron chi connectivity index (χ1n) is 10.8. The zero-order valence-corrected chi connectivity index (χ0v) is 19.3. The molecule has 1 aliphatic heterocycles.